The summed E-state index contributed by atoms with van der Waals surface area (Å²) in [7, 11) is 0. The van der Waals surface area contributed by atoms with Crippen LogP contribution in [-0.2, 0) is 11.2 Å². The van der Waals surface area contributed by atoms with Crippen molar-refractivity contribution in [1.82, 2.24) is 10.6 Å². The quantitative estimate of drug-likeness (QED) is 0.760. The molecule has 2 unspecified atom stereocenters. The van der Waals surface area contributed by atoms with Crippen molar-refractivity contribution in [2.75, 3.05) is 6.54 Å². The Morgan fingerprint density at radius 1 is 1.41 bits per heavy atom. The summed E-state index contributed by atoms with van der Waals surface area (Å²) in [6.07, 6.45) is 2.89. The van der Waals surface area contributed by atoms with Gasteiger partial charge in [-0.05, 0) is 32.5 Å². The third-order valence-corrected chi connectivity index (χ3v) is 2.54. The SMILES string of the molecule is CCNC(C)CC(=O)NC(C)Cc1ccco1. The van der Waals surface area contributed by atoms with Gasteiger partial charge in [-0.15, -0.1) is 0 Å². The first-order valence-electron chi connectivity index (χ1n) is 6.17. The van der Waals surface area contributed by atoms with E-state index in [-0.39, 0.29) is 18.0 Å². The molecule has 1 aromatic rings. The molecule has 0 spiro atoms. The number of hydrogen-bond acceptors (Lipinski definition) is 3. The lowest BCUT2D eigenvalue weighted by Gasteiger charge is -2.15. The van der Waals surface area contributed by atoms with Gasteiger partial charge in [-0.25, -0.2) is 0 Å². The maximum Gasteiger partial charge on any atom is 0.221 e. The van der Waals surface area contributed by atoms with Gasteiger partial charge in [0.15, 0.2) is 0 Å². The molecule has 0 bridgehead atoms. The summed E-state index contributed by atoms with van der Waals surface area (Å²) in [5.41, 5.74) is 0. The number of amides is 1. The number of nitrogens with one attached hydrogen (secondary N) is 2. The molecule has 0 aromatic carbocycles. The predicted octanol–water partition coefficient (Wildman–Crippen LogP) is 1.71. The molecule has 0 aliphatic rings. The van der Waals surface area contributed by atoms with E-state index in [4.69, 9.17) is 4.42 Å². The molecule has 0 radical (unpaired) electrons. The molecule has 2 N–H and O–H groups in total. The van der Waals surface area contributed by atoms with Crippen LogP contribution in [0.15, 0.2) is 22.8 Å². The monoisotopic (exact) mass is 238 g/mol. The predicted molar refractivity (Wildman–Crippen MR) is 67.8 cm³/mol. The zero-order valence-corrected chi connectivity index (χ0v) is 10.8. The Bertz CT molecular complexity index is 322. The van der Waals surface area contributed by atoms with E-state index in [1.54, 1.807) is 6.26 Å². The number of carbonyl (C=O) groups is 1. The zero-order chi connectivity index (χ0) is 12.7. The summed E-state index contributed by atoms with van der Waals surface area (Å²) >= 11 is 0. The fourth-order valence-corrected chi connectivity index (χ4v) is 1.81. The van der Waals surface area contributed by atoms with Gasteiger partial charge in [0.2, 0.25) is 5.91 Å². The first-order chi connectivity index (χ1) is 8.11. The normalized spacial score (nSPS) is 14.3. The van der Waals surface area contributed by atoms with E-state index in [0.29, 0.717) is 6.42 Å². The maximum atomic E-state index is 11.7. The Balaban J connectivity index is 2.26. The minimum absolute atomic E-state index is 0.0810. The minimum Gasteiger partial charge on any atom is -0.469 e. The van der Waals surface area contributed by atoms with E-state index in [1.807, 2.05) is 32.9 Å². The summed E-state index contributed by atoms with van der Waals surface area (Å²) in [4.78, 5) is 11.7. The van der Waals surface area contributed by atoms with Crippen molar-refractivity contribution in [2.45, 2.75) is 45.7 Å². The van der Waals surface area contributed by atoms with Crippen LogP contribution in [0.2, 0.25) is 0 Å². The Kier molecular flexibility index (Phi) is 5.77. The van der Waals surface area contributed by atoms with Gasteiger partial charge in [0.05, 0.1) is 6.26 Å². The summed E-state index contributed by atoms with van der Waals surface area (Å²) in [5, 5.41) is 6.18. The van der Waals surface area contributed by atoms with Crippen LogP contribution in [0, 0.1) is 0 Å². The molecule has 96 valence electrons. The standard InChI is InChI=1S/C13H22N2O2/c1-4-14-10(2)9-13(16)15-11(3)8-12-6-5-7-17-12/h5-7,10-11,14H,4,8-9H2,1-3H3,(H,15,16). The summed E-state index contributed by atoms with van der Waals surface area (Å²) < 4.78 is 5.24. The molecule has 1 rings (SSSR count). The van der Waals surface area contributed by atoms with E-state index >= 15 is 0 Å². The molecule has 1 amide bonds. The summed E-state index contributed by atoms with van der Waals surface area (Å²) in [6, 6.07) is 4.10. The molecular formula is C13H22N2O2. The van der Waals surface area contributed by atoms with Gasteiger partial charge in [0.1, 0.15) is 5.76 Å². The third kappa shape index (κ3) is 5.54. The molecule has 0 fully saturated rings. The van der Waals surface area contributed by atoms with Gasteiger partial charge < -0.3 is 15.1 Å². The molecular weight excluding hydrogens is 216 g/mol. The highest BCUT2D eigenvalue weighted by atomic mass is 16.3. The second-order valence-corrected chi connectivity index (χ2v) is 4.41. The second kappa shape index (κ2) is 7.12. The maximum absolute atomic E-state index is 11.7. The molecule has 17 heavy (non-hydrogen) atoms. The van der Waals surface area contributed by atoms with Crippen molar-refractivity contribution in [3.8, 4) is 0 Å². The first-order valence-corrected chi connectivity index (χ1v) is 6.17. The minimum atomic E-state index is 0.0810. The van der Waals surface area contributed by atoms with E-state index in [0.717, 1.165) is 18.7 Å². The van der Waals surface area contributed by atoms with Crippen LogP contribution in [-0.4, -0.2) is 24.5 Å². The van der Waals surface area contributed by atoms with Crippen LogP contribution in [0.5, 0.6) is 0 Å². The molecule has 2 atom stereocenters. The highest BCUT2D eigenvalue weighted by Crippen LogP contribution is 2.04. The Morgan fingerprint density at radius 3 is 2.76 bits per heavy atom. The lowest BCUT2D eigenvalue weighted by atomic mass is 10.1. The summed E-state index contributed by atoms with van der Waals surface area (Å²) in [6.45, 7) is 6.92. The average Bonchev–Trinajstić information content (AvgIpc) is 2.69. The largest absolute Gasteiger partial charge is 0.469 e. The molecule has 0 aliphatic heterocycles. The summed E-state index contributed by atoms with van der Waals surface area (Å²) in [5.74, 6) is 0.982. The van der Waals surface area contributed by atoms with E-state index in [2.05, 4.69) is 10.6 Å². The topological polar surface area (TPSA) is 54.3 Å². The number of hydrogen-bond donors (Lipinski definition) is 2. The Morgan fingerprint density at radius 2 is 2.18 bits per heavy atom. The van der Waals surface area contributed by atoms with Crippen molar-refractivity contribution in [3.05, 3.63) is 24.2 Å². The third-order valence-electron chi connectivity index (χ3n) is 2.54. The lowest BCUT2D eigenvalue weighted by molar-refractivity contribution is -0.122. The highest BCUT2D eigenvalue weighted by Gasteiger charge is 2.12. The van der Waals surface area contributed by atoms with Crippen molar-refractivity contribution in [1.29, 1.82) is 0 Å². The van der Waals surface area contributed by atoms with E-state index in [1.165, 1.54) is 0 Å². The van der Waals surface area contributed by atoms with Crippen LogP contribution in [0.25, 0.3) is 0 Å². The van der Waals surface area contributed by atoms with Gasteiger partial charge in [0.25, 0.3) is 0 Å². The number of rotatable bonds is 7. The van der Waals surface area contributed by atoms with Gasteiger partial charge in [-0.1, -0.05) is 6.92 Å². The Labute approximate surface area is 103 Å². The first kappa shape index (κ1) is 13.8. The van der Waals surface area contributed by atoms with Crippen molar-refractivity contribution in [2.24, 2.45) is 0 Å². The highest BCUT2D eigenvalue weighted by molar-refractivity contribution is 5.76. The van der Waals surface area contributed by atoms with Crippen molar-refractivity contribution in [3.63, 3.8) is 0 Å². The Hall–Kier alpha value is -1.29. The fraction of sp³-hybridized carbons (Fsp3) is 0.615. The molecule has 4 heteroatoms. The van der Waals surface area contributed by atoms with E-state index < -0.39 is 0 Å². The van der Waals surface area contributed by atoms with Gasteiger partial charge in [-0.3, -0.25) is 4.79 Å². The molecule has 0 saturated heterocycles. The zero-order valence-electron chi connectivity index (χ0n) is 10.8. The average molecular weight is 238 g/mol. The lowest BCUT2D eigenvalue weighted by Crippen LogP contribution is -2.38. The van der Waals surface area contributed by atoms with Crippen LogP contribution in [0.1, 0.15) is 33.0 Å². The van der Waals surface area contributed by atoms with Crippen molar-refractivity contribution < 1.29 is 9.21 Å². The van der Waals surface area contributed by atoms with E-state index in [9.17, 15) is 4.79 Å². The number of furan rings is 1. The van der Waals surface area contributed by atoms with Gasteiger partial charge in [0, 0.05) is 24.9 Å². The molecule has 1 heterocycles. The van der Waals surface area contributed by atoms with Crippen LogP contribution < -0.4 is 10.6 Å². The molecule has 1 aromatic heterocycles. The van der Waals surface area contributed by atoms with Crippen molar-refractivity contribution >= 4 is 5.91 Å². The van der Waals surface area contributed by atoms with Crippen LogP contribution in [0.4, 0.5) is 0 Å². The fourth-order valence-electron chi connectivity index (χ4n) is 1.81. The van der Waals surface area contributed by atoms with Gasteiger partial charge in [-0.2, -0.15) is 0 Å². The molecule has 0 saturated carbocycles. The second-order valence-electron chi connectivity index (χ2n) is 4.41. The van der Waals surface area contributed by atoms with Gasteiger partial charge >= 0.3 is 0 Å². The molecule has 4 nitrogen and oxygen atoms in total. The van der Waals surface area contributed by atoms with Crippen LogP contribution in [0.3, 0.4) is 0 Å². The molecule has 0 aliphatic carbocycles. The smallest absolute Gasteiger partial charge is 0.221 e. The van der Waals surface area contributed by atoms with Crippen LogP contribution >= 0.6 is 0 Å². The number of carbonyl (C=O) groups excluding carboxylic acids is 1.